The van der Waals surface area contributed by atoms with Crippen molar-refractivity contribution in [3.63, 3.8) is 0 Å². The van der Waals surface area contributed by atoms with E-state index in [1.807, 2.05) is 31.3 Å². The van der Waals surface area contributed by atoms with Gasteiger partial charge in [0.15, 0.2) is 0 Å². The Morgan fingerprint density at radius 2 is 1.75 bits per heavy atom. The monoisotopic (exact) mass is 369 g/mol. The lowest BCUT2D eigenvalue weighted by atomic mass is 9.84. The topological polar surface area (TPSA) is 38.8 Å². The number of hydrogen-bond donors (Lipinski definition) is 0. The molecule has 3 aromatic rings. The van der Waals surface area contributed by atoms with Crippen LogP contribution in [-0.2, 0) is 10.5 Å². The summed E-state index contributed by atoms with van der Waals surface area (Å²) in [5.41, 5.74) is 5.18. The first-order chi connectivity index (χ1) is 13.6. The average molecular weight is 369 g/mol. The van der Waals surface area contributed by atoms with E-state index in [-0.39, 0.29) is 5.97 Å². The van der Waals surface area contributed by atoms with E-state index in [4.69, 9.17) is 9.47 Å². The zero-order valence-corrected chi connectivity index (χ0v) is 15.7. The molecule has 4 heteroatoms. The van der Waals surface area contributed by atoms with Crippen LogP contribution in [-0.4, -0.2) is 20.1 Å². The molecule has 5 rings (SSSR count). The number of nitrogens with zero attached hydrogens (tertiary/aromatic N) is 1. The van der Waals surface area contributed by atoms with Gasteiger partial charge in [-0.1, -0.05) is 42.5 Å². The predicted molar refractivity (Wildman–Crippen MR) is 109 cm³/mol. The summed E-state index contributed by atoms with van der Waals surface area (Å²) in [4.78, 5) is 14.0. The van der Waals surface area contributed by atoms with E-state index in [0.29, 0.717) is 5.56 Å². The number of para-hydroxylation sites is 1. The van der Waals surface area contributed by atoms with Gasteiger partial charge in [-0.15, -0.1) is 0 Å². The second-order valence-corrected chi connectivity index (χ2v) is 7.00. The molecule has 4 nitrogen and oxygen atoms in total. The number of likely N-dealkylation sites (N-methyl/N-ethyl adjacent to an activating group) is 1. The van der Waals surface area contributed by atoms with E-state index < -0.39 is 5.72 Å². The molecule has 0 radical (unpaired) electrons. The lowest BCUT2D eigenvalue weighted by molar-refractivity contribution is 0.0600. The summed E-state index contributed by atoms with van der Waals surface area (Å²) in [6.07, 6.45) is 4.08. The van der Waals surface area contributed by atoms with Crippen molar-refractivity contribution in [1.82, 2.24) is 0 Å². The molecule has 0 aliphatic carbocycles. The molecule has 3 aromatic carbocycles. The van der Waals surface area contributed by atoms with Gasteiger partial charge in [-0.2, -0.15) is 0 Å². The van der Waals surface area contributed by atoms with E-state index >= 15 is 0 Å². The van der Waals surface area contributed by atoms with Gasteiger partial charge in [-0.3, -0.25) is 0 Å². The fourth-order valence-electron chi connectivity index (χ4n) is 4.13. The van der Waals surface area contributed by atoms with Crippen molar-refractivity contribution in [3.05, 3.63) is 89.5 Å². The molecule has 2 aliphatic heterocycles. The van der Waals surface area contributed by atoms with E-state index in [9.17, 15) is 4.79 Å². The van der Waals surface area contributed by atoms with Crippen molar-refractivity contribution >= 4 is 17.7 Å². The minimum absolute atomic E-state index is 0.356. The van der Waals surface area contributed by atoms with Crippen molar-refractivity contribution in [1.29, 1.82) is 0 Å². The Labute approximate surface area is 163 Å². The summed E-state index contributed by atoms with van der Waals surface area (Å²) in [6, 6.07) is 22.1. The van der Waals surface area contributed by atoms with E-state index in [0.717, 1.165) is 28.1 Å². The molecule has 1 spiro atoms. The smallest absolute Gasteiger partial charge is 0.337 e. The quantitative estimate of drug-likeness (QED) is 0.575. The average Bonchev–Trinajstić information content (AvgIpc) is 2.76. The van der Waals surface area contributed by atoms with Crippen LogP contribution in [0.1, 0.15) is 21.5 Å². The Morgan fingerprint density at radius 1 is 1.00 bits per heavy atom. The summed E-state index contributed by atoms with van der Waals surface area (Å²) >= 11 is 0. The van der Waals surface area contributed by atoms with Crippen LogP contribution in [0.25, 0.3) is 17.2 Å². The van der Waals surface area contributed by atoms with Gasteiger partial charge in [0.1, 0.15) is 5.75 Å². The minimum atomic E-state index is -0.745. The van der Waals surface area contributed by atoms with Gasteiger partial charge in [0.2, 0.25) is 5.72 Å². The fraction of sp³-hybridized carbons (Fsp3) is 0.125. The van der Waals surface area contributed by atoms with Crippen LogP contribution < -0.4 is 9.64 Å². The number of anilines is 1. The molecule has 1 atom stereocenters. The number of benzene rings is 3. The molecular weight excluding hydrogens is 350 g/mol. The minimum Gasteiger partial charge on any atom is -0.465 e. The first-order valence-electron chi connectivity index (χ1n) is 9.17. The van der Waals surface area contributed by atoms with E-state index in [1.54, 1.807) is 12.1 Å². The van der Waals surface area contributed by atoms with Crippen molar-refractivity contribution in [3.8, 4) is 16.9 Å². The van der Waals surface area contributed by atoms with Gasteiger partial charge in [0.25, 0.3) is 0 Å². The third-order valence-electron chi connectivity index (χ3n) is 5.55. The maximum atomic E-state index is 11.9. The van der Waals surface area contributed by atoms with Crippen LogP contribution in [0.2, 0.25) is 0 Å². The molecule has 2 heterocycles. The molecule has 0 aromatic heterocycles. The van der Waals surface area contributed by atoms with E-state index in [2.05, 4.69) is 47.4 Å². The lowest BCUT2D eigenvalue weighted by Gasteiger charge is -2.47. The van der Waals surface area contributed by atoms with Crippen LogP contribution in [0.15, 0.2) is 72.8 Å². The highest BCUT2D eigenvalue weighted by molar-refractivity contribution is 5.91. The molecule has 2 aliphatic rings. The molecule has 0 saturated heterocycles. The maximum Gasteiger partial charge on any atom is 0.337 e. The molecule has 0 unspecified atom stereocenters. The summed E-state index contributed by atoms with van der Waals surface area (Å²) in [6.45, 7) is 0. The highest BCUT2D eigenvalue weighted by Crippen LogP contribution is 2.50. The summed E-state index contributed by atoms with van der Waals surface area (Å²) in [5, 5.41) is 0. The Bertz CT molecular complexity index is 1130. The largest absolute Gasteiger partial charge is 0.465 e. The van der Waals surface area contributed by atoms with Crippen LogP contribution in [0.3, 0.4) is 0 Å². The van der Waals surface area contributed by atoms with Crippen LogP contribution in [0, 0.1) is 0 Å². The zero-order chi connectivity index (χ0) is 19.3. The molecule has 138 valence electrons. The third-order valence-corrected chi connectivity index (χ3v) is 5.55. The Balaban J connectivity index is 1.68. The summed E-state index contributed by atoms with van der Waals surface area (Å²) < 4.78 is 11.4. The van der Waals surface area contributed by atoms with Crippen LogP contribution in [0.4, 0.5) is 5.69 Å². The maximum absolute atomic E-state index is 11.9. The molecule has 0 amide bonds. The van der Waals surface area contributed by atoms with Crippen molar-refractivity contribution in [2.45, 2.75) is 5.72 Å². The zero-order valence-electron chi connectivity index (χ0n) is 15.7. The molecule has 0 bridgehead atoms. The van der Waals surface area contributed by atoms with Gasteiger partial charge in [-0.25, -0.2) is 4.79 Å². The number of fused-ring (bicyclic) bond motifs is 5. The highest BCUT2D eigenvalue weighted by Gasteiger charge is 2.44. The predicted octanol–water partition coefficient (Wildman–Crippen LogP) is 4.85. The summed E-state index contributed by atoms with van der Waals surface area (Å²) in [7, 11) is 3.43. The second kappa shape index (κ2) is 5.99. The molecular formula is C24H19NO3. The SMILES string of the molecule is COC(=O)c1ccc2c(c1)C=C[C@]1(O2)c2ccccc2-c2ccccc2N1C. The molecule has 0 N–H and O–H groups in total. The second-order valence-electron chi connectivity index (χ2n) is 7.00. The Hall–Kier alpha value is -3.53. The van der Waals surface area contributed by atoms with Crippen molar-refractivity contribution in [2.75, 3.05) is 19.1 Å². The number of ether oxygens (including phenoxy) is 2. The van der Waals surface area contributed by atoms with Gasteiger partial charge < -0.3 is 14.4 Å². The van der Waals surface area contributed by atoms with Gasteiger partial charge in [0, 0.05) is 29.4 Å². The number of carbonyl (C=O) groups is 1. The van der Waals surface area contributed by atoms with Gasteiger partial charge in [0.05, 0.1) is 12.7 Å². The summed E-state index contributed by atoms with van der Waals surface area (Å²) in [5.74, 6) is 0.377. The van der Waals surface area contributed by atoms with Crippen LogP contribution in [0.5, 0.6) is 5.75 Å². The number of hydrogen-bond acceptors (Lipinski definition) is 4. The van der Waals surface area contributed by atoms with Gasteiger partial charge in [-0.05, 0) is 42.0 Å². The molecule has 0 fully saturated rings. The van der Waals surface area contributed by atoms with Crippen molar-refractivity contribution < 1.29 is 14.3 Å². The van der Waals surface area contributed by atoms with Crippen molar-refractivity contribution in [2.24, 2.45) is 0 Å². The number of rotatable bonds is 1. The fourth-order valence-corrected chi connectivity index (χ4v) is 4.13. The van der Waals surface area contributed by atoms with Gasteiger partial charge >= 0.3 is 5.97 Å². The van der Waals surface area contributed by atoms with Crippen LogP contribution >= 0.6 is 0 Å². The Kier molecular flexibility index (Phi) is 3.56. The first kappa shape index (κ1) is 16.6. The third kappa shape index (κ3) is 2.21. The number of carbonyl (C=O) groups excluding carboxylic acids is 1. The normalized spacial score (nSPS) is 18.7. The Morgan fingerprint density at radius 3 is 2.57 bits per heavy atom. The molecule has 28 heavy (non-hydrogen) atoms. The standard InChI is InChI=1S/C24H19NO3/c1-25-21-10-6-4-8-19(21)18-7-3-5-9-20(18)24(25)14-13-16-15-17(23(26)27-2)11-12-22(16)28-24/h3-15H,1-2H3/t24-/m0/s1. The molecule has 0 saturated carbocycles. The lowest BCUT2D eigenvalue weighted by Crippen LogP contribution is -2.50. The van der Waals surface area contributed by atoms with E-state index in [1.165, 1.54) is 12.7 Å². The number of esters is 1. The first-order valence-corrected chi connectivity index (χ1v) is 9.17. The number of methoxy groups -OCH3 is 1. The highest BCUT2D eigenvalue weighted by atomic mass is 16.5.